The molecule has 134 valence electrons. The van der Waals surface area contributed by atoms with E-state index >= 15 is 0 Å². The number of rotatable bonds is 7. The molecular weight excluding hydrogens is 308 g/mol. The molecule has 1 saturated heterocycles. The molecule has 0 spiro atoms. The van der Waals surface area contributed by atoms with Crippen LogP contribution in [0.1, 0.15) is 29.5 Å². The summed E-state index contributed by atoms with van der Waals surface area (Å²) in [5, 5.41) is 9.13. The number of hydrogen-bond acceptors (Lipinski definition) is 3. The Labute approximate surface area is 151 Å². The van der Waals surface area contributed by atoms with Crippen LogP contribution in [0.4, 0.5) is 0 Å². The summed E-state index contributed by atoms with van der Waals surface area (Å²) < 4.78 is 0. The Morgan fingerprint density at radius 1 is 0.920 bits per heavy atom. The number of likely N-dealkylation sites (tertiary alicyclic amines) is 1. The first-order valence-corrected chi connectivity index (χ1v) is 9.36. The van der Waals surface area contributed by atoms with E-state index in [1.165, 1.54) is 43.6 Å². The highest BCUT2D eigenvalue weighted by Gasteiger charge is 2.20. The van der Waals surface area contributed by atoms with Gasteiger partial charge in [0.15, 0.2) is 0 Å². The van der Waals surface area contributed by atoms with Gasteiger partial charge in [-0.2, -0.15) is 0 Å². The molecule has 0 amide bonds. The van der Waals surface area contributed by atoms with Crippen molar-refractivity contribution in [3.05, 3.63) is 71.3 Å². The lowest BCUT2D eigenvalue weighted by molar-refractivity contribution is 0.147. The predicted molar refractivity (Wildman–Crippen MR) is 103 cm³/mol. The van der Waals surface area contributed by atoms with Crippen LogP contribution in [0.3, 0.4) is 0 Å². The summed E-state index contributed by atoms with van der Waals surface area (Å²) in [7, 11) is 2.24. The minimum absolute atomic E-state index is 0.127. The molecule has 3 heteroatoms. The summed E-state index contributed by atoms with van der Waals surface area (Å²) >= 11 is 0. The Hall–Kier alpha value is -1.68. The van der Waals surface area contributed by atoms with Gasteiger partial charge in [-0.15, -0.1) is 0 Å². The van der Waals surface area contributed by atoms with Crippen LogP contribution in [-0.2, 0) is 19.7 Å². The lowest BCUT2D eigenvalue weighted by atomic mass is 9.95. The lowest BCUT2D eigenvalue weighted by Gasteiger charge is -2.34. The molecule has 0 unspecified atom stereocenters. The van der Waals surface area contributed by atoms with Crippen molar-refractivity contribution in [2.45, 2.75) is 32.5 Å². The fraction of sp³-hybridized carbons (Fsp3) is 0.455. The van der Waals surface area contributed by atoms with Gasteiger partial charge in [-0.05, 0) is 55.6 Å². The van der Waals surface area contributed by atoms with Crippen LogP contribution in [0, 0.1) is 5.92 Å². The summed E-state index contributed by atoms with van der Waals surface area (Å²) in [4.78, 5) is 5.02. The Morgan fingerprint density at radius 2 is 1.56 bits per heavy atom. The van der Waals surface area contributed by atoms with Gasteiger partial charge in [0.1, 0.15) is 0 Å². The van der Waals surface area contributed by atoms with Crippen LogP contribution in [0.25, 0.3) is 0 Å². The summed E-state index contributed by atoms with van der Waals surface area (Å²) in [6, 6.07) is 19.1. The smallest absolute Gasteiger partial charge is 0.0681 e. The molecule has 0 radical (unpaired) electrons. The molecular formula is C22H30N2O. The second kappa shape index (κ2) is 9.14. The minimum Gasteiger partial charge on any atom is -0.392 e. The second-order valence-corrected chi connectivity index (χ2v) is 7.38. The van der Waals surface area contributed by atoms with E-state index in [4.69, 9.17) is 5.11 Å². The van der Waals surface area contributed by atoms with Crippen LogP contribution in [0.5, 0.6) is 0 Å². The molecule has 2 aromatic carbocycles. The maximum Gasteiger partial charge on any atom is 0.0681 e. The van der Waals surface area contributed by atoms with E-state index in [1.807, 2.05) is 12.1 Å². The van der Waals surface area contributed by atoms with Gasteiger partial charge in [0.25, 0.3) is 0 Å². The number of nitrogens with zero attached hydrogens (tertiary/aromatic N) is 2. The molecule has 3 rings (SSSR count). The van der Waals surface area contributed by atoms with Crippen molar-refractivity contribution < 1.29 is 5.11 Å². The number of piperidine rings is 1. The zero-order valence-electron chi connectivity index (χ0n) is 15.3. The molecule has 0 saturated carbocycles. The molecule has 2 aromatic rings. The standard InChI is InChI=1S/C22H30N2O/c1-23(15-19-5-3-2-4-6-19)16-21-11-13-24(14-12-21)17-20-7-9-22(18-25)10-8-20/h2-10,21,25H,11-18H2,1H3. The van der Waals surface area contributed by atoms with Crippen molar-refractivity contribution in [1.29, 1.82) is 0 Å². The van der Waals surface area contributed by atoms with Gasteiger partial charge in [-0.1, -0.05) is 54.6 Å². The van der Waals surface area contributed by atoms with Crippen LogP contribution >= 0.6 is 0 Å². The third kappa shape index (κ3) is 5.67. The maximum atomic E-state index is 9.13. The van der Waals surface area contributed by atoms with E-state index in [9.17, 15) is 0 Å². The minimum atomic E-state index is 0.127. The fourth-order valence-electron chi connectivity index (χ4n) is 3.74. The largest absolute Gasteiger partial charge is 0.392 e. The molecule has 0 aliphatic carbocycles. The SMILES string of the molecule is CN(Cc1ccccc1)CC1CCN(Cc2ccc(CO)cc2)CC1. The highest BCUT2D eigenvalue weighted by Crippen LogP contribution is 2.20. The second-order valence-electron chi connectivity index (χ2n) is 7.38. The van der Waals surface area contributed by atoms with E-state index in [0.29, 0.717) is 0 Å². The quantitative estimate of drug-likeness (QED) is 0.837. The summed E-state index contributed by atoms with van der Waals surface area (Å²) in [6.45, 7) is 5.75. The molecule has 1 aliphatic heterocycles. The van der Waals surface area contributed by atoms with Crippen molar-refractivity contribution in [1.82, 2.24) is 9.80 Å². The Bertz CT molecular complexity index is 618. The zero-order valence-corrected chi connectivity index (χ0v) is 15.3. The van der Waals surface area contributed by atoms with Gasteiger partial charge in [0.05, 0.1) is 6.61 Å². The lowest BCUT2D eigenvalue weighted by Crippen LogP contribution is -2.37. The van der Waals surface area contributed by atoms with Gasteiger partial charge in [0.2, 0.25) is 0 Å². The molecule has 0 aromatic heterocycles. The zero-order chi connectivity index (χ0) is 17.5. The van der Waals surface area contributed by atoms with Gasteiger partial charge >= 0.3 is 0 Å². The van der Waals surface area contributed by atoms with Gasteiger partial charge in [0, 0.05) is 19.6 Å². The van der Waals surface area contributed by atoms with Crippen LogP contribution in [0.2, 0.25) is 0 Å². The topological polar surface area (TPSA) is 26.7 Å². The van der Waals surface area contributed by atoms with E-state index in [1.54, 1.807) is 0 Å². The molecule has 1 N–H and O–H groups in total. The highest BCUT2D eigenvalue weighted by molar-refractivity contribution is 5.22. The van der Waals surface area contributed by atoms with Gasteiger partial charge in [-0.3, -0.25) is 4.90 Å². The van der Waals surface area contributed by atoms with E-state index in [-0.39, 0.29) is 6.61 Å². The number of benzene rings is 2. The predicted octanol–water partition coefficient (Wildman–Crippen LogP) is 3.52. The number of aliphatic hydroxyl groups is 1. The van der Waals surface area contributed by atoms with Gasteiger partial charge < -0.3 is 10.0 Å². The van der Waals surface area contributed by atoms with Gasteiger partial charge in [-0.25, -0.2) is 0 Å². The van der Waals surface area contributed by atoms with Crippen LogP contribution in [0.15, 0.2) is 54.6 Å². The monoisotopic (exact) mass is 338 g/mol. The van der Waals surface area contributed by atoms with Crippen molar-refractivity contribution in [3.63, 3.8) is 0 Å². The first kappa shape index (κ1) is 18.1. The Kier molecular flexibility index (Phi) is 6.62. The third-order valence-electron chi connectivity index (χ3n) is 5.18. The molecule has 1 fully saturated rings. The molecule has 3 nitrogen and oxygen atoms in total. The summed E-state index contributed by atoms with van der Waals surface area (Å²) in [5.41, 5.74) is 3.73. The molecule has 1 heterocycles. The van der Waals surface area contributed by atoms with Crippen molar-refractivity contribution in [3.8, 4) is 0 Å². The fourth-order valence-corrected chi connectivity index (χ4v) is 3.74. The first-order valence-electron chi connectivity index (χ1n) is 9.36. The summed E-state index contributed by atoms with van der Waals surface area (Å²) in [5.74, 6) is 0.807. The maximum absolute atomic E-state index is 9.13. The Morgan fingerprint density at radius 3 is 2.20 bits per heavy atom. The average molecular weight is 338 g/mol. The molecule has 0 bridgehead atoms. The molecule has 25 heavy (non-hydrogen) atoms. The summed E-state index contributed by atoms with van der Waals surface area (Å²) in [6.07, 6.45) is 2.57. The number of hydrogen-bond donors (Lipinski definition) is 1. The average Bonchev–Trinajstić information content (AvgIpc) is 2.65. The first-order chi connectivity index (χ1) is 12.2. The van der Waals surface area contributed by atoms with Crippen LogP contribution < -0.4 is 0 Å². The van der Waals surface area contributed by atoms with E-state index in [2.05, 4.69) is 59.3 Å². The van der Waals surface area contributed by atoms with E-state index in [0.717, 1.165) is 24.6 Å². The van der Waals surface area contributed by atoms with Crippen molar-refractivity contribution in [2.24, 2.45) is 5.92 Å². The highest BCUT2D eigenvalue weighted by atomic mass is 16.3. The molecule has 1 aliphatic rings. The molecule has 0 atom stereocenters. The third-order valence-corrected chi connectivity index (χ3v) is 5.18. The Balaban J connectivity index is 1.40. The number of aliphatic hydroxyl groups excluding tert-OH is 1. The van der Waals surface area contributed by atoms with Crippen LogP contribution in [-0.4, -0.2) is 41.6 Å². The van der Waals surface area contributed by atoms with Crippen molar-refractivity contribution in [2.75, 3.05) is 26.7 Å². The van der Waals surface area contributed by atoms with Crippen molar-refractivity contribution >= 4 is 0 Å². The normalized spacial score (nSPS) is 16.4. The van der Waals surface area contributed by atoms with E-state index < -0.39 is 0 Å².